The SMILES string of the molecule is COc1ccc(N2CCCN[C@@H](Cc3ccccc3)C2)cc1OC1CCCC1. The molecule has 2 aromatic rings. The average molecular weight is 381 g/mol. The van der Waals surface area contributed by atoms with Crippen LogP contribution >= 0.6 is 0 Å². The molecule has 2 aliphatic rings. The van der Waals surface area contributed by atoms with Gasteiger partial charge in [0, 0.05) is 30.9 Å². The Morgan fingerprint density at radius 3 is 2.61 bits per heavy atom. The Kier molecular flexibility index (Phi) is 6.38. The minimum Gasteiger partial charge on any atom is -0.493 e. The van der Waals surface area contributed by atoms with Gasteiger partial charge in [0.2, 0.25) is 0 Å². The number of methoxy groups -OCH3 is 1. The number of benzene rings is 2. The summed E-state index contributed by atoms with van der Waals surface area (Å²) in [5, 5.41) is 3.73. The number of nitrogens with one attached hydrogen (secondary N) is 1. The van der Waals surface area contributed by atoms with Crippen LogP contribution in [0.1, 0.15) is 37.7 Å². The van der Waals surface area contributed by atoms with Crippen molar-refractivity contribution in [1.82, 2.24) is 5.32 Å². The summed E-state index contributed by atoms with van der Waals surface area (Å²) < 4.78 is 11.9. The summed E-state index contributed by atoms with van der Waals surface area (Å²) in [7, 11) is 1.72. The zero-order valence-corrected chi connectivity index (χ0v) is 16.9. The van der Waals surface area contributed by atoms with Gasteiger partial charge in [-0.3, -0.25) is 0 Å². The molecule has 1 heterocycles. The van der Waals surface area contributed by atoms with Crippen molar-refractivity contribution < 1.29 is 9.47 Å². The lowest BCUT2D eigenvalue weighted by Crippen LogP contribution is -2.39. The van der Waals surface area contributed by atoms with Crippen molar-refractivity contribution >= 4 is 5.69 Å². The van der Waals surface area contributed by atoms with Crippen LogP contribution in [0.3, 0.4) is 0 Å². The van der Waals surface area contributed by atoms with E-state index in [0.29, 0.717) is 12.1 Å². The zero-order chi connectivity index (χ0) is 19.2. The van der Waals surface area contributed by atoms with E-state index in [-0.39, 0.29) is 0 Å². The molecular formula is C24H32N2O2. The molecule has 0 unspecified atom stereocenters. The first-order chi connectivity index (χ1) is 13.8. The Labute approximate surface area is 168 Å². The molecule has 0 amide bonds. The van der Waals surface area contributed by atoms with E-state index in [1.807, 2.05) is 0 Å². The van der Waals surface area contributed by atoms with Crippen molar-refractivity contribution in [3.8, 4) is 11.5 Å². The summed E-state index contributed by atoms with van der Waals surface area (Å²) in [5.41, 5.74) is 2.62. The lowest BCUT2D eigenvalue weighted by molar-refractivity contribution is 0.201. The highest BCUT2D eigenvalue weighted by atomic mass is 16.5. The summed E-state index contributed by atoms with van der Waals surface area (Å²) >= 11 is 0. The van der Waals surface area contributed by atoms with E-state index in [4.69, 9.17) is 9.47 Å². The van der Waals surface area contributed by atoms with E-state index in [0.717, 1.165) is 56.8 Å². The topological polar surface area (TPSA) is 33.7 Å². The molecule has 1 N–H and O–H groups in total. The quantitative estimate of drug-likeness (QED) is 0.804. The highest BCUT2D eigenvalue weighted by Gasteiger charge is 2.22. The lowest BCUT2D eigenvalue weighted by atomic mass is 10.1. The molecular weight excluding hydrogens is 348 g/mol. The normalized spacial score (nSPS) is 20.8. The number of anilines is 1. The molecule has 0 radical (unpaired) electrons. The molecule has 2 aromatic carbocycles. The summed E-state index contributed by atoms with van der Waals surface area (Å²) in [6, 6.07) is 17.6. The second-order valence-corrected chi connectivity index (χ2v) is 8.00. The van der Waals surface area contributed by atoms with E-state index in [9.17, 15) is 0 Å². The predicted octanol–water partition coefficient (Wildman–Crippen LogP) is 4.43. The Morgan fingerprint density at radius 1 is 1.00 bits per heavy atom. The van der Waals surface area contributed by atoms with E-state index >= 15 is 0 Å². The lowest BCUT2D eigenvalue weighted by Gasteiger charge is -2.28. The molecule has 0 aromatic heterocycles. The van der Waals surface area contributed by atoms with Gasteiger partial charge >= 0.3 is 0 Å². The number of ether oxygens (including phenoxy) is 2. The molecule has 0 spiro atoms. The van der Waals surface area contributed by atoms with Crippen LogP contribution in [0.15, 0.2) is 48.5 Å². The smallest absolute Gasteiger partial charge is 0.163 e. The van der Waals surface area contributed by atoms with Gasteiger partial charge in [-0.1, -0.05) is 30.3 Å². The van der Waals surface area contributed by atoms with Crippen LogP contribution < -0.4 is 19.7 Å². The first kappa shape index (κ1) is 19.1. The van der Waals surface area contributed by atoms with Crippen LogP contribution in [0.4, 0.5) is 5.69 Å². The Balaban J connectivity index is 1.49. The van der Waals surface area contributed by atoms with Gasteiger partial charge < -0.3 is 19.7 Å². The van der Waals surface area contributed by atoms with Crippen LogP contribution in [0.25, 0.3) is 0 Å². The Hall–Kier alpha value is -2.20. The minimum absolute atomic E-state index is 0.334. The molecule has 4 heteroatoms. The fourth-order valence-electron chi connectivity index (χ4n) is 4.41. The third-order valence-electron chi connectivity index (χ3n) is 5.91. The molecule has 150 valence electrons. The summed E-state index contributed by atoms with van der Waals surface area (Å²) in [4.78, 5) is 2.49. The van der Waals surface area contributed by atoms with Gasteiger partial charge in [0.1, 0.15) is 0 Å². The van der Waals surface area contributed by atoms with E-state index in [2.05, 4.69) is 58.7 Å². The number of hydrogen-bond donors (Lipinski definition) is 1. The van der Waals surface area contributed by atoms with Gasteiger partial charge in [0.05, 0.1) is 13.2 Å². The van der Waals surface area contributed by atoms with Crippen molar-refractivity contribution in [3.63, 3.8) is 0 Å². The predicted molar refractivity (Wildman–Crippen MR) is 115 cm³/mol. The van der Waals surface area contributed by atoms with Crippen molar-refractivity contribution in [2.75, 3.05) is 31.6 Å². The van der Waals surface area contributed by atoms with E-state index < -0.39 is 0 Å². The minimum atomic E-state index is 0.334. The molecule has 1 atom stereocenters. The molecule has 28 heavy (non-hydrogen) atoms. The van der Waals surface area contributed by atoms with Crippen LogP contribution in [0.2, 0.25) is 0 Å². The van der Waals surface area contributed by atoms with Crippen LogP contribution in [0.5, 0.6) is 11.5 Å². The maximum Gasteiger partial charge on any atom is 0.163 e. The standard InChI is InChI=1S/C24H32N2O2/c1-27-23-13-12-21(17-24(23)28-22-10-5-6-11-22)26-15-7-14-25-20(18-26)16-19-8-3-2-4-9-19/h2-4,8-9,12-13,17,20,22,25H,5-7,10-11,14-16,18H2,1H3/t20-/m0/s1. The molecule has 4 nitrogen and oxygen atoms in total. The largest absolute Gasteiger partial charge is 0.493 e. The summed E-state index contributed by atoms with van der Waals surface area (Å²) in [6.07, 6.45) is 7.38. The Morgan fingerprint density at radius 2 is 1.82 bits per heavy atom. The fourth-order valence-corrected chi connectivity index (χ4v) is 4.41. The molecule has 1 saturated carbocycles. The third kappa shape index (κ3) is 4.79. The number of nitrogens with zero attached hydrogens (tertiary/aromatic N) is 1. The molecule has 4 rings (SSSR count). The van der Waals surface area contributed by atoms with E-state index in [1.54, 1.807) is 7.11 Å². The highest BCUT2D eigenvalue weighted by molar-refractivity contribution is 5.56. The van der Waals surface area contributed by atoms with Crippen LogP contribution in [0, 0.1) is 0 Å². The molecule has 1 aliphatic carbocycles. The summed E-state index contributed by atoms with van der Waals surface area (Å²) in [5.74, 6) is 1.73. The molecule has 1 saturated heterocycles. The molecule has 2 fully saturated rings. The first-order valence-corrected chi connectivity index (χ1v) is 10.7. The van der Waals surface area contributed by atoms with Crippen LogP contribution in [-0.4, -0.2) is 38.9 Å². The van der Waals surface area contributed by atoms with Crippen molar-refractivity contribution in [3.05, 3.63) is 54.1 Å². The van der Waals surface area contributed by atoms with Gasteiger partial charge in [-0.25, -0.2) is 0 Å². The maximum atomic E-state index is 6.32. The number of rotatable bonds is 6. The van der Waals surface area contributed by atoms with Gasteiger partial charge in [0.15, 0.2) is 11.5 Å². The van der Waals surface area contributed by atoms with Crippen molar-refractivity contribution in [2.45, 2.75) is 50.7 Å². The summed E-state index contributed by atoms with van der Waals surface area (Å²) in [6.45, 7) is 3.13. The Bertz CT molecular complexity index is 744. The average Bonchev–Trinajstić information content (AvgIpc) is 3.13. The molecule has 1 aliphatic heterocycles. The van der Waals surface area contributed by atoms with Crippen molar-refractivity contribution in [2.24, 2.45) is 0 Å². The van der Waals surface area contributed by atoms with Crippen molar-refractivity contribution in [1.29, 1.82) is 0 Å². The monoisotopic (exact) mass is 380 g/mol. The second kappa shape index (κ2) is 9.33. The highest BCUT2D eigenvalue weighted by Crippen LogP contribution is 2.35. The van der Waals surface area contributed by atoms with Gasteiger partial charge in [-0.05, 0) is 62.8 Å². The number of hydrogen-bond acceptors (Lipinski definition) is 4. The van der Waals surface area contributed by atoms with Gasteiger partial charge in [0.25, 0.3) is 0 Å². The van der Waals surface area contributed by atoms with Crippen LogP contribution in [-0.2, 0) is 6.42 Å². The van der Waals surface area contributed by atoms with Gasteiger partial charge in [-0.15, -0.1) is 0 Å². The third-order valence-corrected chi connectivity index (χ3v) is 5.91. The zero-order valence-electron chi connectivity index (χ0n) is 16.9. The molecule has 0 bridgehead atoms. The van der Waals surface area contributed by atoms with E-state index in [1.165, 1.54) is 24.1 Å². The second-order valence-electron chi connectivity index (χ2n) is 8.00. The van der Waals surface area contributed by atoms with Gasteiger partial charge in [-0.2, -0.15) is 0 Å². The fraction of sp³-hybridized carbons (Fsp3) is 0.500. The first-order valence-electron chi connectivity index (χ1n) is 10.7. The maximum absolute atomic E-state index is 6.32.